The molecule has 2 aromatic rings. The van der Waals surface area contributed by atoms with Gasteiger partial charge in [0.05, 0.1) is 17.7 Å². The van der Waals surface area contributed by atoms with Crippen LogP contribution < -0.4 is 0 Å². The molecule has 1 aromatic heterocycles. The van der Waals surface area contributed by atoms with Crippen LogP contribution in [0.5, 0.6) is 0 Å². The molecule has 3 rings (SSSR count). The number of ketones is 1. The first-order valence-electron chi connectivity index (χ1n) is 8.77. The first-order valence-corrected chi connectivity index (χ1v) is 8.77. The zero-order chi connectivity index (χ0) is 17.8. The number of aromatic nitrogens is 1. The number of hydrogen-bond acceptors (Lipinski definition) is 5. The molecule has 0 saturated heterocycles. The highest BCUT2D eigenvalue weighted by molar-refractivity contribution is 5.97. The van der Waals surface area contributed by atoms with E-state index in [9.17, 15) is 9.59 Å². The summed E-state index contributed by atoms with van der Waals surface area (Å²) in [4.78, 5) is 24.2. The van der Waals surface area contributed by atoms with Crippen molar-refractivity contribution in [2.75, 3.05) is 0 Å². The summed E-state index contributed by atoms with van der Waals surface area (Å²) in [6, 6.07) is 5.92. The Kier molecular flexibility index (Phi) is 5.31. The average molecular weight is 341 g/mol. The van der Waals surface area contributed by atoms with Crippen LogP contribution in [0.15, 0.2) is 22.7 Å². The molecular weight excluding hydrogens is 318 g/mol. The van der Waals surface area contributed by atoms with Crippen molar-refractivity contribution in [2.45, 2.75) is 59.0 Å². The van der Waals surface area contributed by atoms with Gasteiger partial charge in [-0.1, -0.05) is 17.3 Å². The lowest BCUT2D eigenvalue weighted by atomic mass is 9.89. The van der Waals surface area contributed by atoms with Crippen molar-refractivity contribution in [1.29, 1.82) is 0 Å². The normalized spacial score (nSPS) is 13.4. The molecule has 0 amide bonds. The summed E-state index contributed by atoms with van der Waals surface area (Å²) < 4.78 is 10.3. The molecule has 0 bridgehead atoms. The highest BCUT2D eigenvalue weighted by Gasteiger charge is 2.16. The van der Waals surface area contributed by atoms with E-state index in [-0.39, 0.29) is 31.2 Å². The number of Topliss-reactive ketones (excluding diaryl/α,β-unsaturated/α-hetero) is 1. The van der Waals surface area contributed by atoms with E-state index in [1.54, 1.807) is 13.8 Å². The molecule has 1 aromatic carbocycles. The minimum atomic E-state index is -0.383. The van der Waals surface area contributed by atoms with Gasteiger partial charge in [-0.2, -0.15) is 0 Å². The average Bonchev–Trinajstić information content (AvgIpc) is 2.95. The Bertz CT molecular complexity index is 771. The molecule has 132 valence electrons. The molecule has 1 aliphatic carbocycles. The van der Waals surface area contributed by atoms with Gasteiger partial charge in [0.25, 0.3) is 0 Å². The van der Waals surface area contributed by atoms with Crippen LogP contribution in [-0.4, -0.2) is 16.9 Å². The molecule has 0 spiro atoms. The first kappa shape index (κ1) is 17.4. The zero-order valence-electron chi connectivity index (χ0n) is 14.8. The fourth-order valence-corrected chi connectivity index (χ4v) is 3.20. The third kappa shape index (κ3) is 4.16. The van der Waals surface area contributed by atoms with Crippen molar-refractivity contribution < 1.29 is 18.8 Å². The van der Waals surface area contributed by atoms with E-state index < -0.39 is 0 Å². The standard InChI is InChI=1S/C20H23NO4/c1-13-18(14(2)25-21-13)12-24-20(23)10-9-19(22)17-8-7-15-5-3-4-6-16(15)11-17/h7-8,11H,3-6,9-10,12H2,1-2H3. The second-order valence-corrected chi connectivity index (χ2v) is 6.58. The van der Waals surface area contributed by atoms with E-state index in [2.05, 4.69) is 11.2 Å². The van der Waals surface area contributed by atoms with Gasteiger partial charge in [0.15, 0.2) is 5.78 Å². The van der Waals surface area contributed by atoms with Gasteiger partial charge in [0.2, 0.25) is 0 Å². The number of nitrogens with zero attached hydrogens (tertiary/aromatic N) is 1. The van der Waals surface area contributed by atoms with Gasteiger partial charge >= 0.3 is 5.97 Å². The minimum Gasteiger partial charge on any atom is -0.461 e. The maximum absolute atomic E-state index is 12.3. The molecule has 5 heteroatoms. The number of fused-ring (bicyclic) bond motifs is 1. The molecule has 5 nitrogen and oxygen atoms in total. The van der Waals surface area contributed by atoms with E-state index in [1.807, 2.05) is 12.1 Å². The van der Waals surface area contributed by atoms with Crippen LogP contribution in [0, 0.1) is 13.8 Å². The Morgan fingerprint density at radius 2 is 1.88 bits per heavy atom. The van der Waals surface area contributed by atoms with Gasteiger partial charge in [-0.3, -0.25) is 9.59 Å². The molecule has 1 heterocycles. The Balaban J connectivity index is 1.51. The predicted molar refractivity (Wildman–Crippen MR) is 92.4 cm³/mol. The van der Waals surface area contributed by atoms with Crippen LogP contribution in [0.1, 0.15) is 64.2 Å². The van der Waals surface area contributed by atoms with Crippen LogP contribution in [0.3, 0.4) is 0 Å². The second kappa shape index (κ2) is 7.64. The van der Waals surface area contributed by atoms with Crippen molar-refractivity contribution in [3.8, 4) is 0 Å². The minimum absolute atomic E-state index is 0.0114. The molecule has 0 atom stereocenters. The molecule has 0 unspecified atom stereocenters. The lowest BCUT2D eigenvalue weighted by Crippen LogP contribution is -2.10. The number of carbonyl (C=O) groups excluding carboxylic acids is 2. The maximum Gasteiger partial charge on any atom is 0.306 e. The summed E-state index contributed by atoms with van der Waals surface area (Å²) in [7, 11) is 0. The Morgan fingerprint density at radius 3 is 2.60 bits per heavy atom. The third-order valence-electron chi connectivity index (χ3n) is 4.79. The summed E-state index contributed by atoms with van der Waals surface area (Å²) in [5.74, 6) is 0.254. The Morgan fingerprint density at radius 1 is 1.12 bits per heavy atom. The van der Waals surface area contributed by atoms with Crippen molar-refractivity contribution in [3.05, 3.63) is 51.9 Å². The van der Waals surface area contributed by atoms with Crippen LogP contribution in [0.2, 0.25) is 0 Å². The van der Waals surface area contributed by atoms with Gasteiger partial charge in [0, 0.05) is 12.0 Å². The van der Waals surface area contributed by atoms with Crippen molar-refractivity contribution in [3.63, 3.8) is 0 Å². The third-order valence-corrected chi connectivity index (χ3v) is 4.79. The van der Waals surface area contributed by atoms with Gasteiger partial charge in [-0.15, -0.1) is 0 Å². The lowest BCUT2D eigenvalue weighted by Gasteiger charge is -2.16. The topological polar surface area (TPSA) is 69.4 Å². The fourth-order valence-electron chi connectivity index (χ4n) is 3.20. The number of rotatable bonds is 6. The van der Waals surface area contributed by atoms with E-state index in [4.69, 9.17) is 9.26 Å². The SMILES string of the molecule is Cc1noc(C)c1COC(=O)CCC(=O)c1ccc2c(c1)CCCC2. The van der Waals surface area contributed by atoms with Crippen LogP contribution in [0.4, 0.5) is 0 Å². The van der Waals surface area contributed by atoms with Crippen molar-refractivity contribution in [2.24, 2.45) is 0 Å². The van der Waals surface area contributed by atoms with Crippen LogP contribution in [0.25, 0.3) is 0 Å². The fraction of sp³-hybridized carbons (Fsp3) is 0.450. The van der Waals surface area contributed by atoms with Crippen molar-refractivity contribution in [1.82, 2.24) is 5.16 Å². The summed E-state index contributed by atoms with van der Waals surface area (Å²) >= 11 is 0. The number of benzene rings is 1. The quantitative estimate of drug-likeness (QED) is 0.589. The predicted octanol–water partition coefficient (Wildman–Crippen LogP) is 3.88. The van der Waals surface area contributed by atoms with E-state index >= 15 is 0 Å². The number of carbonyl (C=O) groups is 2. The van der Waals surface area contributed by atoms with Gasteiger partial charge in [0.1, 0.15) is 12.4 Å². The summed E-state index contributed by atoms with van der Waals surface area (Å²) in [6.45, 7) is 3.72. The van der Waals surface area contributed by atoms with Crippen molar-refractivity contribution >= 4 is 11.8 Å². The second-order valence-electron chi connectivity index (χ2n) is 6.58. The molecule has 1 aliphatic rings. The first-order chi connectivity index (χ1) is 12.0. The summed E-state index contributed by atoms with van der Waals surface area (Å²) in [5.41, 5.74) is 4.82. The number of ether oxygens (including phenoxy) is 1. The molecule has 0 N–H and O–H groups in total. The van der Waals surface area contributed by atoms with E-state index in [1.165, 1.54) is 24.0 Å². The monoisotopic (exact) mass is 341 g/mol. The number of hydrogen-bond donors (Lipinski definition) is 0. The molecule has 0 aliphatic heterocycles. The van der Waals surface area contributed by atoms with Crippen LogP contribution >= 0.6 is 0 Å². The highest BCUT2D eigenvalue weighted by Crippen LogP contribution is 2.23. The Hall–Kier alpha value is -2.43. The smallest absolute Gasteiger partial charge is 0.306 e. The highest BCUT2D eigenvalue weighted by atomic mass is 16.5. The van der Waals surface area contributed by atoms with Gasteiger partial charge in [-0.05, 0) is 56.7 Å². The molecule has 0 fully saturated rings. The van der Waals surface area contributed by atoms with Crippen LogP contribution in [-0.2, 0) is 29.0 Å². The molecule has 25 heavy (non-hydrogen) atoms. The zero-order valence-corrected chi connectivity index (χ0v) is 14.8. The number of esters is 1. The van der Waals surface area contributed by atoms with Gasteiger partial charge in [-0.25, -0.2) is 0 Å². The molecular formula is C20H23NO4. The summed E-state index contributed by atoms with van der Waals surface area (Å²) in [6.07, 6.45) is 4.78. The van der Waals surface area contributed by atoms with Gasteiger partial charge < -0.3 is 9.26 Å². The molecule has 0 radical (unpaired) electrons. The lowest BCUT2D eigenvalue weighted by molar-refractivity contribution is -0.144. The largest absolute Gasteiger partial charge is 0.461 e. The maximum atomic E-state index is 12.3. The Labute approximate surface area is 147 Å². The number of aryl methyl sites for hydroxylation is 4. The van der Waals surface area contributed by atoms with E-state index in [0.29, 0.717) is 11.3 Å². The molecule has 0 saturated carbocycles. The summed E-state index contributed by atoms with van der Waals surface area (Å²) in [5, 5.41) is 3.82. The van der Waals surface area contributed by atoms with E-state index in [0.717, 1.165) is 24.1 Å².